The van der Waals surface area contributed by atoms with Gasteiger partial charge in [-0.1, -0.05) is 28.1 Å². The highest BCUT2D eigenvalue weighted by Gasteiger charge is 2.27. The van der Waals surface area contributed by atoms with Gasteiger partial charge in [-0.15, -0.1) is 0 Å². The molecule has 0 amide bonds. The zero-order valence-electron chi connectivity index (χ0n) is 7.90. The molecule has 0 radical (unpaired) electrons. The summed E-state index contributed by atoms with van der Waals surface area (Å²) < 4.78 is 6.07. The van der Waals surface area contributed by atoms with E-state index >= 15 is 0 Å². The van der Waals surface area contributed by atoms with Crippen LogP contribution in [0.3, 0.4) is 0 Å². The van der Waals surface area contributed by atoms with Gasteiger partial charge in [0.1, 0.15) is 18.3 Å². The van der Waals surface area contributed by atoms with Gasteiger partial charge in [-0.3, -0.25) is 9.59 Å². The van der Waals surface area contributed by atoms with Gasteiger partial charge in [-0.05, 0) is 17.7 Å². The largest absolute Gasteiger partial charge is 0.457 e. The first-order chi connectivity index (χ1) is 7.15. The molecule has 0 aliphatic carbocycles. The maximum Gasteiger partial charge on any atom is 0.313 e. The predicted octanol–water partition coefficient (Wildman–Crippen LogP) is 2.40. The van der Waals surface area contributed by atoms with Crippen molar-refractivity contribution in [2.45, 2.75) is 18.9 Å². The molecule has 1 saturated heterocycles. The van der Waals surface area contributed by atoms with Gasteiger partial charge in [-0.2, -0.15) is 0 Å². The van der Waals surface area contributed by atoms with Gasteiger partial charge in [0.2, 0.25) is 0 Å². The topological polar surface area (TPSA) is 43.4 Å². The zero-order valence-corrected chi connectivity index (χ0v) is 9.49. The Hall–Kier alpha value is -1.16. The summed E-state index contributed by atoms with van der Waals surface area (Å²) in [6, 6.07) is 7.42. The first-order valence-electron chi connectivity index (χ1n) is 4.62. The van der Waals surface area contributed by atoms with Crippen LogP contribution in [0.5, 0.6) is 0 Å². The van der Waals surface area contributed by atoms with Crippen molar-refractivity contribution in [1.82, 2.24) is 0 Å². The van der Waals surface area contributed by atoms with Crippen molar-refractivity contribution in [3.05, 3.63) is 34.3 Å². The summed E-state index contributed by atoms with van der Waals surface area (Å²) in [4.78, 5) is 22.3. The first-order valence-corrected chi connectivity index (χ1v) is 5.41. The van der Waals surface area contributed by atoms with E-state index < -0.39 is 12.1 Å². The predicted molar refractivity (Wildman–Crippen MR) is 57.2 cm³/mol. The molecule has 15 heavy (non-hydrogen) atoms. The van der Waals surface area contributed by atoms with Crippen molar-refractivity contribution in [2.75, 3.05) is 0 Å². The third kappa shape index (κ3) is 2.45. The standard InChI is InChI=1S/C11H9BrO3/c12-8-3-1-7(2-4-8)10-5-9(13)6-11(14)15-10/h1-4,10H,5-6H2. The Morgan fingerprint density at radius 1 is 1.20 bits per heavy atom. The van der Waals surface area contributed by atoms with E-state index in [4.69, 9.17) is 4.74 Å². The third-order valence-electron chi connectivity index (χ3n) is 2.27. The van der Waals surface area contributed by atoms with Crippen LogP contribution in [0.2, 0.25) is 0 Å². The van der Waals surface area contributed by atoms with Crippen LogP contribution >= 0.6 is 15.9 Å². The fourth-order valence-electron chi connectivity index (χ4n) is 1.55. The fourth-order valence-corrected chi connectivity index (χ4v) is 1.81. The molecule has 0 bridgehead atoms. The second-order valence-corrected chi connectivity index (χ2v) is 4.37. The van der Waals surface area contributed by atoms with E-state index in [-0.39, 0.29) is 18.6 Å². The molecule has 1 atom stereocenters. The highest BCUT2D eigenvalue weighted by Crippen LogP contribution is 2.27. The van der Waals surface area contributed by atoms with Gasteiger partial charge in [0.05, 0.1) is 0 Å². The van der Waals surface area contributed by atoms with Crippen LogP contribution in [-0.4, -0.2) is 11.8 Å². The number of hydrogen-bond acceptors (Lipinski definition) is 3. The Bertz CT molecular complexity index is 381. The second kappa shape index (κ2) is 4.14. The summed E-state index contributed by atoms with van der Waals surface area (Å²) in [5.74, 6) is -0.488. The van der Waals surface area contributed by atoms with Crippen molar-refractivity contribution in [3.8, 4) is 0 Å². The minimum Gasteiger partial charge on any atom is -0.457 e. The summed E-state index contributed by atoms with van der Waals surface area (Å²) in [5.41, 5.74) is 0.861. The van der Waals surface area contributed by atoms with Crippen molar-refractivity contribution in [3.63, 3.8) is 0 Å². The lowest BCUT2D eigenvalue weighted by Gasteiger charge is -2.21. The zero-order chi connectivity index (χ0) is 10.8. The summed E-state index contributed by atoms with van der Waals surface area (Å²) in [6.07, 6.45) is -0.215. The van der Waals surface area contributed by atoms with Crippen LogP contribution < -0.4 is 0 Å². The Morgan fingerprint density at radius 3 is 2.47 bits per heavy atom. The average molecular weight is 269 g/mol. The maximum atomic E-state index is 11.2. The van der Waals surface area contributed by atoms with E-state index in [9.17, 15) is 9.59 Å². The number of hydrogen-bond donors (Lipinski definition) is 0. The van der Waals surface area contributed by atoms with E-state index in [1.807, 2.05) is 24.3 Å². The van der Waals surface area contributed by atoms with Crippen LogP contribution in [0.25, 0.3) is 0 Å². The Morgan fingerprint density at radius 2 is 1.87 bits per heavy atom. The molecule has 0 saturated carbocycles. The number of carbonyl (C=O) groups excluding carboxylic acids is 2. The molecule has 0 aromatic heterocycles. The summed E-state index contributed by atoms with van der Waals surface area (Å²) in [6.45, 7) is 0. The molecule has 78 valence electrons. The Kier molecular flexibility index (Phi) is 2.86. The molecule has 1 aromatic rings. The quantitative estimate of drug-likeness (QED) is 0.580. The number of esters is 1. The van der Waals surface area contributed by atoms with E-state index in [0.29, 0.717) is 0 Å². The van der Waals surface area contributed by atoms with Gasteiger partial charge >= 0.3 is 5.97 Å². The van der Waals surface area contributed by atoms with Gasteiger partial charge in [0.15, 0.2) is 0 Å². The molecule has 1 aliphatic heterocycles. The van der Waals surface area contributed by atoms with E-state index in [0.717, 1.165) is 10.0 Å². The maximum absolute atomic E-state index is 11.2. The lowest BCUT2D eigenvalue weighted by Crippen LogP contribution is -2.24. The Balaban J connectivity index is 2.19. The van der Waals surface area contributed by atoms with E-state index in [2.05, 4.69) is 15.9 Å². The van der Waals surface area contributed by atoms with Crippen molar-refractivity contribution < 1.29 is 14.3 Å². The minimum atomic E-state index is -0.431. The van der Waals surface area contributed by atoms with Gasteiger partial charge < -0.3 is 4.74 Å². The molecule has 1 fully saturated rings. The van der Waals surface area contributed by atoms with Crippen LogP contribution in [0.15, 0.2) is 28.7 Å². The molecule has 4 heteroatoms. The number of ketones is 1. The number of ether oxygens (including phenoxy) is 1. The number of Topliss-reactive ketones (excluding diaryl/α,β-unsaturated/α-hetero) is 1. The summed E-state index contributed by atoms with van der Waals surface area (Å²) in [7, 11) is 0. The molecule has 0 spiro atoms. The number of benzene rings is 1. The molecular formula is C11H9BrO3. The molecule has 1 aliphatic rings. The molecule has 1 heterocycles. The molecule has 0 N–H and O–H groups in total. The highest BCUT2D eigenvalue weighted by molar-refractivity contribution is 9.10. The first kappa shape index (κ1) is 10.4. The summed E-state index contributed by atoms with van der Waals surface area (Å²) >= 11 is 3.32. The number of carbonyl (C=O) groups is 2. The molecule has 1 unspecified atom stereocenters. The monoisotopic (exact) mass is 268 g/mol. The van der Waals surface area contributed by atoms with E-state index in [1.54, 1.807) is 0 Å². The van der Waals surface area contributed by atoms with Crippen molar-refractivity contribution in [2.24, 2.45) is 0 Å². The van der Waals surface area contributed by atoms with Crippen LogP contribution in [0.1, 0.15) is 24.5 Å². The average Bonchev–Trinajstić information content (AvgIpc) is 2.17. The molecule has 1 aromatic carbocycles. The minimum absolute atomic E-state index is 0.0563. The highest BCUT2D eigenvalue weighted by atomic mass is 79.9. The number of cyclic esters (lactones) is 1. The van der Waals surface area contributed by atoms with E-state index in [1.165, 1.54) is 0 Å². The van der Waals surface area contributed by atoms with Crippen LogP contribution in [0, 0.1) is 0 Å². The number of rotatable bonds is 1. The van der Waals surface area contributed by atoms with Gasteiger partial charge in [0.25, 0.3) is 0 Å². The Labute approximate surface area is 95.6 Å². The van der Waals surface area contributed by atoms with Crippen LogP contribution in [0.4, 0.5) is 0 Å². The molecule has 3 nitrogen and oxygen atoms in total. The molecule has 2 rings (SSSR count). The SMILES string of the molecule is O=C1CC(=O)OC(c2ccc(Br)cc2)C1. The second-order valence-electron chi connectivity index (χ2n) is 3.45. The van der Waals surface area contributed by atoms with Gasteiger partial charge in [0, 0.05) is 10.9 Å². The smallest absolute Gasteiger partial charge is 0.313 e. The fraction of sp³-hybridized carbons (Fsp3) is 0.273. The number of halogens is 1. The lowest BCUT2D eigenvalue weighted by molar-refractivity contribution is -0.158. The molecular weight excluding hydrogens is 260 g/mol. The lowest BCUT2D eigenvalue weighted by atomic mass is 10.0. The van der Waals surface area contributed by atoms with Gasteiger partial charge in [-0.25, -0.2) is 0 Å². The van der Waals surface area contributed by atoms with Crippen molar-refractivity contribution in [1.29, 1.82) is 0 Å². The van der Waals surface area contributed by atoms with Crippen LogP contribution in [-0.2, 0) is 14.3 Å². The third-order valence-corrected chi connectivity index (χ3v) is 2.80. The normalized spacial score (nSPS) is 21.3. The summed E-state index contributed by atoms with van der Waals surface area (Å²) in [5, 5.41) is 0. The van der Waals surface area contributed by atoms with Crippen molar-refractivity contribution >= 4 is 27.7 Å².